The molecule has 2 heterocycles. The van der Waals surface area contributed by atoms with Gasteiger partial charge in [0.1, 0.15) is 10.6 Å². The number of methoxy groups -OCH3 is 1. The van der Waals surface area contributed by atoms with Gasteiger partial charge >= 0.3 is 5.97 Å². The molecular weight excluding hydrogens is 366 g/mol. The van der Waals surface area contributed by atoms with E-state index in [9.17, 15) is 14.4 Å². The molecule has 0 spiro atoms. The van der Waals surface area contributed by atoms with Crippen molar-refractivity contribution in [2.24, 2.45) is 0 Å². The summed E-state index contributed by atoms with van der Waals surface area (Å²) in [6, 6.07) is 5.68. The van der Waals surface area contributed by atoms with E-state index in [4.69, 9.17) is 9.15 Å². The van der Waals surface area contributed by atoms with Crippen molar-refractivity contribution in [1.29, 1.82) is 0 Å². The van der Waals surface area contributed by atoms with Gasteiger partial charge in [0.2, 0.25) is 0 Å². The van der Waals surface area contributed by atoms with Gasteiger partial charge in [0.15, 0.2) is 11.5 Å². The Kier molecular flexibility index (Phi) is 4.89. The molecule has 0 atom stereocenters. The summed E-state index contributed by atoms with van der Waals surface area (Å²) in [6.07, 6.45) is 0. The molecule has 0 aliphatic rings. The van der Waals surface area contributed by atoms with Gasteiger partial charge < -0.3 is 14.5 Å². The molecule has 0 saturated carbocycles. The van der Waals surface area contributed by atoms with Crippen LogP contribution >= 0.6 is 11.3 Å². The van der Waals surface area contributed by atoms with Crippen molar-refractivity contribution in [2.45, 2.75) is 27.7 Å². The molecule has 140 valence electrons. The Morgan fingerprint density at radius 2 is 1.81 bits per heavy atom. The number of fused-ring (bicyclic) bond motifs is 1. The van der Waals surface area contributed by atoms with E-state index < -0.39 is 11.9 Å². The lowest BCUT2D eigenvalue weighted by Gasteiger charge is -2.05. The Morgan fingerprint density at radius 3 is 2.44 bits per heavy atom. The van der Waals surface area contributed by atoms with Crippen molar-refractivity contribution >= 4 is 45.0 Å². The maximum Gasteiger partial charge on any atom is 0.341 e. The third kappa shape index (κ3) is 3.26. The highest BCUT2D eigenvalue weighted by molar-refractivity contribution is 7.18. The molecule has 27 heavy (non-hydrogen) atoms. The second-order valence-corrected chi connectivity index (χ2v) is 7.34. The minimum Gasteiger partial charge on any atom is -0.465 e. The molecule has 0 aliphatic heterocycles. The van der Waals surface area contributed by atoms with Gasteiger partial charge in [0.05, 0.1) is 17.6 Å². The monoisotopic (exact) mass is 385 g/mol. The third-order valence-corrected chi connectivity index (χ3v) is 5.69. The normalized spacial score (nSPS) is 10.9. The van der Waals surface area contributed by atoms with E-state index >= 15 is 0 Å². The summed E-state index contributed by atoms with van der Waals surface area (Å²) in [4.78, 5) is 37.2. The number of ether oxygens (including phenoxy) is 1. The molecule has 0 fully saturated rings. The second kappa shape index (κ2) is 7.00. The fourth-order valence-electron chi connectivity index (χ4n) is 3.00. The number of thiophene rings is 1. The van der Waals surface area contributed by atoms with Crippen LogP contribution in [0, 0.1) is 20.8 Å². The average Bonchev–Trinajstić information content (AvgIpc) is 3.12. The minimum atomic E-state index is -0.608. The van der Waals surface area contributed by atoms with Gasteiger partial charge in [-0.05, 0) is 45.4 Å². The predicted octanol–water partition coefficient (Wildman–Crippen LogP) is 4.66. The van der Waals surface area contributed by atoms with E-state index in [2.05, 4.69) is 5.32 Å². The first-order chi connectivity index (χ1) is 12.7. The number of carbonyl (C=O) groups is 3. The van der Waals surface area contributed by atoms with Crippen LogP contribution in [0.25, 0.3) is 11.0 Å². The number of furan rings is 1. The molecular formula is C20H19NO5S. The zero-order valence-corrected chi connectivity index (χ0v) is 16.5. The van der Waals surface area contributed by atoms with Crippen LogP contribution in [0.3, 0.4) is 0 Å². The lowest BCUT2D eigenvalue weighted by Crippen LogP contribution is -2.14. The van der Waals surface area contributed by atoms with Crippen molar-refractivity contribution in [2.75, 3.05) is 12.4 Å². The summed E-state index contributed by atoms with van der Waals surface area (Å²) in [5.41, 5.74) is 3.07. The highest BCUT2D eigenvalue weighted by atomic mass is 32.1. The number of hydrogen-bond acceptors (Lipinski definition) is 6. The molecule has 0 aliphatic carbocycles. The van der Waals surface area contributed by atoms with Crippen molar-refractivity contribution in [3.05, 3.63) is 51.1 Å². The maximum atomic E-state index is 12.8. The Hall–Kier alpha value is -2.93. The van der Waals surface area contributed by atoms with Crippen LogP contribution in [0.2, 0.25) is 0 Å². The number of nitrogens with one attached hydrogen (secondary N) is 1. The quantitative estimate of drug-likeness (QED) is 0.521. The molecule has 0 radical (unpaired) electrons. The van der Waals surface area contributed by atoms with E-state index in [0.29, 0.717) is 21.6 Å². The van der Waals surface area contributed by atoms with Crippen LogP contribution in [0.1, 0.15) is 54.2 Å². The predicted molar refractivity (Wildman–Crippen MR) is 104 cm³/mol. The van der Waals surface area contributed by atoms with E-state index in [0.717, 1.165) is 22.3 Å². The number of ketones is 1. The van der Waals surface area contributed by atoms with Crippen molar-refractivity contribution in [1.82, 2.24) is 0 Å². The third-order valence-electron chi connectivity index (χ3n) is 4.38. The SMILES string of the molecule is COC(=O)c1c(NC(=O)c2oc3ccc(C)cc3c2C)sc(C(C)=O)c1C. The molecule has 0 bridgehead atoms. The number of hydrogen-bond donors (Lipinski definition) is 1. The number of benzene rings is 1. The number of rotatable bonds is 4. The summed E-state index contributed by atoms with van der Waals surface area (Å²) in [7, 11) is 1.25. The minimum absolute atomic E-state index is 0.168. The summed E-state index contributed by atoms with van der Waals surface area (Å²) in [5.74, 6) is -1.10. The lowest BCUT2D eigenvalue weighted by molar-refractivity contribution is 0.0601. The molecule has 1 amide bonds. The number of esters is 1. The Bertz CT molecular complexity index is 1090. The Labute approximate surface area is 160 Å². The molecule has 2 aromatic heterocycles. The lowest BCUT2D eigenvalue weighted by atomic mass is 10.1. The summed E-state index contributed by atoms with van der Waals surface area (Å²) in [6.45, 7) is 6.84. The molecule has 3 aromatic rings. The van der Waals surface area contributed by atoms with Gasteiger partial charge in [-0.3, -0.25) is 9.59 Å². The van der Waals surface area contributed by atoms with Crippen LogP contribution in [0.4, 0.5) is 5.00 Å². The molecule has 0 unspecified atom stereocenters. The van der Waals surface area contributed by atoms with Gasteiger partial charge in [0.25, 0.3) is 5.91 Å². The van der Waals surface area contributed by atoms with Crippen LogP contribution < -0.4 is 5.32 Å². The zero-order chi connectivity index (χ0) is 19.9. The fraction of sp³-hybridized carbons (Fsp3) is 0.250. The first kappa shape index (κ1) is 18.8. The van der Waals surface area contributed by atoms with Crippen LogP contribution in [0.15, 0.2) is 22.6 Å². The van der Waals surface area contributed by atoms with Gasteiger partial charge in [0, 0.05) is 10.9 Å². The van der Waals surface area contributed by atoms with Gasteiger partial charge in [-0.1, -0.05) is 11.6 Å². The first-order valence-electron chi connectivity index (χ1n) is 8.28. The van der Waals surface area contributed by atoms with Gasteiger partial charge in [-0.2, -0.15) is 0 Å². The molecule has 1 N–H and O–H groups in total. The van der Waals surface area contributed by atoms with Crippen molar-refractivity contribution in [3.63, 3.8) is 0 Å². The molecule has 3 rings (SSSR count). The van der Waals surface area contributed by atoms with E-state index in [1.54, 1.807) is 6.92 Å². The Morgan fingerprint density at radius 1 is 1.11 bits per heavy atom. The topological polar surface area (TPSA) is 85.6 Å². The fourth-order valence-corrected chi connectivity index (χ4v) is 4.08. The number of amides is 1. The zero-order valence-electron chi connectivity index (χ0n) is 15.7. The largest absolute Gasteiger partial charge is 0.465 e. The Balaban J connectivity index is 2.04. The van der Waals surface area contributed by atoms with Gasteiger partial charge in [-0.25, -0.2) is 4.79 Å². The van der Waals surface area contributed by atoms with E-state index in [1.807, 2.05) is 32.0 Å². The van der Waals surface area contributed by atoms with Crippen molar-refractivity contribution < 1.29 is 23.5 Å². The highest BCUT2D eigenvalue weighted by Crippen LogP contribution is 2.35. The summed E-state index contributed by atoms with van der Waals surface area (Å²) < 4.78 is 10.5. The van der Waals surface area contributed by atoms with E-state index in [-0.39, 0.29) is 22.1 Å². The highest BCUT2D eigenvalue weighted by Gasteiger charge is 2.26. The standard InChI is InChI=1S/C20H19NO5S/c1-9-6-7-14-13(8-9)10(2)16(26-14)18(23)21-19-15(20(24)25-5)11(3)17(27-19)12(4)22/h6-8H,1-5H3,(H,21,23). The number of carbonyl (C=O) groups excluding carboxylic acids is 3. The molecule has 0 saturated heterocycles. The second-order valence-electron chi connectivity index (χ2n) is 6.32. The van der Waals surface area contributed by atoms with E-state index in [1.165, 1.54) is 14.0 Å². The van der Waals surface area contributed by atoms with Crippen LogP contribution in [0.5, 0.6) is 0 Å². The first-order valence-corrected chi connectivity index (χ1v) is 9.10. The number of aryl methyl sites for hydroxylation is 2. The molecule has 6 nitrogen and oxygen atoms in total. The average molecular weight is 385 g/mol. The molecule has 7 heteroatoms. The molecule has 1 aromatic carbocycles. The maximum absolute atomic E-state index is 12.8. The summed E-state index contributed by atoms with van der Waals surface area (Å²) in [5, 5.41) is 3.84. The number of anilines is 1. The van der Waals surface area contributed by atoms with Crippen molar-refractivity contribution in [3.8, 4) is 0 Å². The smallest absolute Gasteiger partial charge is 0.341 e. The summed E-state index contributed by atoms with van der Waals surface area (Å²) >= 11 is 1.05. The number of Topliss-reactive ketones (excluding diaryl/α,β-unsaturated/α-hetero) is 1. The van der Waals surface area contributed by atoms with Crippen LogP contribution in [-0.4, -0.2) is 24.8 Å². The van der Waals surface area contributed by atoms with Crippen LogP contribution in [-0.2, 0) is 4.74 Å². The van der Waals surface area contributed by atoms with Gasteiger partial charge in [-0.15, -0.1) is 11.3 Å².